The van der Waals surface area contributed by atoms with E-state index in [2.05, 4.69) is 22.2 Å². The first-order valence-corrected chi connectivity index (χ1v) is 6.08. The zero-order valence-electron chi connectivity index (χ0n) is 9.95. The average molecular weight is 223 g/mol. The first-order valence-electron chi connectivity index (χ1n) is 6.08. The molecule has 0 aliphatic heterocycles. The normalized spacial score (nSPS) is 10.3. The lowest BCUT2D eigenvalue weighted by molar-refractivity contribution is 0.452. The van der Waals surface area contributed by atoms with Crippen molar-refractivity contribution < 1.29 is 5.11 Å². The van der Waals surface area contributed by atoms with Crippen LogP contribution < -0.4 is 5.32 Å². The predicted octanol–water partition coefficient (Wildman–Crippen LogP) is 2.95. The predicted molar refractivity (Wildman–Crippen MR) is 65.6 cm³/mol. The molecule has 0 bridgehead atoms. The summed E-state index contributed by atoms with van der Waals surface area (Å²) in [6.07, 6.45) is 9.04. The van der Waals surface area contributed by atoms with Gasteiger partial charge in [-0.05, 0) is 6.42 Å². The highest BCUT2D eigenvalue weighted by atomic mass is 16.3. The molecule has 2 N–H and O–H groups in total. The number of hydrogen-bond acceptors (Lipinski definition) is 4. The quantitative estimate of drug-likeness (QED) is 0.665. The van der Waals surface area contributed by atoms with Gasteiger partial charge in [0.15, 0.2) is 0 Å². The van der Waals surface area contributed by atoms with Crippen molar-refractivity contribution in [2.24, 2.45) is 0 Å². The third kappa shape index (κ3) is 5.53. The van der Waals surface area contributed by atoms with E-state index >= 15 is 0 Å². The van der Waals surface area contributed by atoms with Crippen molar-refractivity contribution >= 4 is 5.82 Å². The van der Waals surface area contributed by atoms with Crippen LogP contribution in [0.15, 0.2) is 12.4 Å². The Morgan fingerprint density at radius 3 is 2.62 bits per heavy atom. The van der Waals surface area contributed by atoms with Crippen LogP contribution in [0.4, 0.5) is 5.82 Å². The Morgan fingerprint density at radius 2 is 1.88 bits per heavy atom. The van der Waals surface area contributed by atoms with Crippen LogP contribution in [-0.2, 0) is 0 Å². The average Bonchev–Trinajstić information content (AvgIpc) is 2.28. The summed E-state index contributed by atoms with van der Waals surface area (Å²) in [4.78, 5) is 7.63. The van der Waals surface area contributed by atoms with E-state index in [0.29, 0.717) is 5.82 Å². The third-order valence-electron chi connectivity index (χ3n) is 2.49. The molecule has 0 spiro atoms. The largest absolute Gasteiger partial charge is 0.493 e. The molecule has 1 heterocycles. The van der Waals surface area contributed by atoms with Gasteiger partial charge in [-0.15, -0.1) is 0 Å². The Kier molecular flexibility index (Phi) is 6.30. The van der Waals surface area contributed by atoms with Gasteiger partial charge < -0.3 is 10.4 Å². The molecule has 0 aromatic carbocycles. The minimum absolute atomic E-state index is 0.0143. The first kappa shape index (κ1) is 12.7. The standard InChI is InChI=1S/C12H21N3O/c1-2-3-4-5-6-7-8-13-11-9-12(16)15-10-14-11/h9-10H,2-8H2,1H3,(H2,13,14,15,16). The molecule has 0 saturated heterocycles. The minimum atomic E-state index is 0.0143. The zero-order chi connectivity index (χ0) is 11.6. The molecule has 90 valence electrons. The Hall–Kier alpha value is -1.32. The summed E-state index contributed by atoms with van der Waals surface area (Å²) in [7, 11) is 0. The molecule has 0 unspecified atom stereocenters. The van der Waals surface area contributed by atoms with E-state index in [0.717, 1.165) is 13.0 Å². The molecule has 0 atom stereocenters. The third-order valence-corrected chi connectivity index (χ3v) is 2.49. The van der Waals surface area contributed by atoms with E-state index in [4.69, 9.17) is 5.11 Å². The van der Waals surface area contributed by atoms with E-state index in [1.807, 2.05) is 0 Å². The summed E-state index contributed by atoms with van der Waals surface area (Å²) in [6.45, 7) is 3.13. The number of nitrogens with zero attached hydrogens (tertiary/aromatic N) is 2. The monoisotopic (exact) mass is 223 g/mol. The highest BCUT2D eigenvalue weighted by Gasteiger charge is 1.95. The molecule has 1 aromatic heterocycles. The number of unbranched alkanes of at least 4 members (excludes halogenated alkanes) is 5. The number of aromatic nitrogens is 2. The lowest BCUT2D eigenvalue weighted by Gasteiger charge is -2.04. The number of hydrogen-bond donors (Lipinski definition) is 2. The Labute approximate surface area is 97.1 Å². The summed E-state index contributed by atoms with van der Waals surface area (Å²) >= 11 is 0. The fraction of sp³-hybridized carbons (Fsp3) is 0.667. The second kappa shape index (κ2) is 7.91. The molecule has 1 rings (SSSR count). The molecule has 0 aliphatic carbocycles. The first-order chi connectivity index (χ1) is 7.83. The van der Waals surface area contributed by atoms with Crippen molar-refractivity contribution in [1.82, 2.24) is 9.97 Å². The second-order valence-electron chi connectivity index (χ2n) is 3.96. The fourth-order valence-electron chi connectivity index (χ4n) is 1.57. The van der Waals surface area contributed by atoms with Crippen molar-refractivity contribution in [2.75, 3.05) is 11.9 Å². The molecule has 16 heavy (non-hydrogen) atoms. The van der Waals surface area contributed by atoms with Gasteiger partial charge in [0.1, 0.15) is 12.1 Å². The number of rotatable bonds is 8. The van der Waals surface area contributed by atoms with Crippen LogP contribution in [0.2, 0.25) is 0 Å². The lowest BCUT2D eigenvalue weighted by Crippen LogP contribution is -2.03. The lowest BCUT2D eigenvalue weighted by atomic mass is 10.1. The van der Waals surface area contributed by atoms with Gasteiger partial charge in [-0.3, -0.25) is 0 Å². The summed E-state index contributed by atoms with van der Waals surface area (Å²) in [5, 5.41) is 12.3. The van der Waals surface area contributed by atoms with Gasteiger partial charge >= 0.3 is 0 Å². The van der Waals surface area contributed by atoms with Crippen molar-refractivity contribution in [1.29, 1.82) is 0 Å². The SMILES string of the molecule is CCCCCCCCNc1cc(O)ncn1. The van der Waals surface area contributed by atoms with E-state index in [9.17, 15) is 0 Å². The molecular weight excluding hydrogens is 202 g/mol. The van der Waals surface area contributed by atoms with Gasteiger partial charge in [-0.1, -0.05) is 39.0 Å². The topological polar surface area (TPSA) is 58.0 Å². The highest BCUT2D eigenvalue weighted by Crippen LogP contribution is 2.09. The molecular formula is C12H21N3O. The molecule has 4 heteroatoms. The van der Waals surface area contributed by atoms with Crippen LogP contribution >= 0.6 is 0 Å². The smallest absolute Gasteiger partial charge is 0.215 e. The van der Waals surface area contributed by atoms with Crippen LogP contribution in [-0.4, -0.2) is 21.6 Å². The second-order valence-corrected chi connectivity index (χ2v) is 3.96. The van der Waals surface area contributed by atoms with E-state index < -0.39 is 0 Å². The van der Waals surface area contributed by atoms with Crippen LogP contribution in [0.5, 0.6) is 5.88 Å². The Balaban J connectivity index is 2.03. The fourth-order valence-corrected chi connectivity index (χ4v) is 1.57. The van der Waals surface area contributed by atoms with Crippen LogP contribution in [0, 0.1) is 0 Å². The van der Waals surface area contributed by atoms with E-state index in [1.54, 1.807) is 0 Å². The molecule has 0 aliphatic rings. The Bertz CT molecular complexity index is 291. The van der Waals surface area contributed by atoms with Gasteiger partial charge in [0.2, 0.25) is 5.88 Å². The maximum absolute atomic E-state index is 9.12. The Morgan fingerprint density at radius 1 is 1.12 bits per heavy atom. The minimum Gasteiger partial charge on any atom is -0.493 e. The highest BCUT2D eigenvalue weighted by molar-refractivity contribution is 5.36. The van der Waals surface area contributed by atoms with Crippen molar-refractivity contribution in [3.8, 4) is 5.88 Å². The number of anilines is 1. The van der Waals surface area contributed by atoms with Crippen molar-refractivity contribution in [3.63, 3.8) is 0 Å². The number of nitrogens with one attached hydrogen (secondary N) is 1. The summed E-state index contributed by atoms with van der Waals surface area (Å²) in [5.41, 5.74) is 0. The van der Waals surface area contributed by atoms with Crippen LogP contribution in [0.3, 0.4) is 0 Å². The zero-order valence-corrected chi connectivity index (χ0v) is 9.95. The van der Waals surface area contributed by atoms with Gasteiger partial charge in [-0.25, -0.2) is 9.97 Å². The van der Waals surface area contributed by atoms with E-state index in [1.165, 1.54) is 44.5 Å². The number of aromatic hydroxyl groups is 1. The maximum atomic E-state index is 9.12. The molecule has 0 amide bonds. The summed E-state index contributed by atoms with van der Waals surface area (Å²) < 4.78 is 0. The maximum Gasteiger partial charge on any atom is 0.215 e. The molecule has 0 radical (unpaired) electrons. The molecule has 0 fully saturated rings. The van der Waals surface area contributed by atoms with Crippen molar-refractivity contribution in [2.45, 2.75) is 45.4 Å². The van der Waals surface area contributed by atoms with Gasteiger partial charge in [0, 0.05) is 12.6 Å². The molecule has 1 aromatic rings. The molecule has 0 saturated carbocycles. The van der Waals surface area contributed by atoms with Gasteiger partial charge in [0.05, 0.1) is 0 Å². The summed E-state index contributed by atoms with van der Waals surface area (Å²) in [6, 6.07) is 1.54. The van der Waals surface area contributed by atoms with E-state index in [-0.39, 0.29) is 5.88 Å². The van der Waals surface area contributed by atoms with Gasteiger partial charge in [0.25, 0.3) is 0 Å². The van der Waals surface area contributed by atoms with Crippen molar-refractivity contribution in [3.05, 3.63) is 12.4 Å². The van der Waals surface area contributed by atoms with Gasteiger partial charge in [-0.2, -0.15) is 0 Å². The molecule has 4 nitrogen and oxygen atoms in total. The van der Waals surface area contributed by atoms with Crippen LogP contribution in [0.25, 0.3) is 0 Å². The summed E-state index contributed by atoms with van der Waals surface area (Å²) in [5.74, 6) is 0.710. The van der Waals surface area contributed by atoms with Crippen LogP contribution in [0.1, 0.15) is 45.4 Å².